The van der Waals surface area contributed by atoms with Crippen LogP contribution in [0.1, 0.15) is 44.2 Å². The fraction of sp³-hybridized carbons (Fsp3) is 0.333. The summed E-state index contributed by atoms with van der Waals surface area (Å²) in [5.41, 5.74) is 1.83. The molecule has 1 N–H and O–H groups in total. The third kappa shape index (κ3) is 7.99. The number of carbonyl (C=O) groups excluding carboxylic acids is 2. The van der Waals surface area contributed by atoms with Gasteiger partial charge in [-0.2, -0.15) is 0 Å². The standard InChI is InChI=1S/C30H35Cl2N3O4S/c1-4-6-19-33-30(37)28(5-2)34(20-23-9-7-8-10-27(23)32)29(36)21-35(25-15-13-24(31)14-16-25)40(38,39)26-17-11-22(3)12-18-26/h7-18,28H,4-6,19-21H2,1-3H3,(H,33,37). The number of amides is 2. The summed E-state index contributed by atoms with van der Waals surface area (Å²) >= 11 is 12.5. The first kappa shape index (κ1) is 31.5. The van der Waals surface area contributed by atoms with Crippen LogP contribution in [0.5, 0.6) is 0 Å². The zero-order chi connectivity index (χ0) is 29.3. The predicted molar refractivity (Wildman–Crippen MR) is 161 cm³/mol. The fourth-order valence-electron chi connectivity index (χ4n) is 4.21. The van der Waals surface area contributed by atoms with Gasteiger partial charge in [-0.25, -0.2) is 8.42 Å². The van der Waals surface area contributed by atoms with E-state index in [4.69, 9.17) is 23.2 Å². The first-order chi connectivity index (χ1) is 19.1. The number of nitrogens with one attached hydrogen (secondary N) is 1. The molecule has 0 spiro atoms. The van der Waals surface area contributed by atoms with Crippen LogP contribution >= 0.6 is 23.2 Å². The van der Waals surface area contributed by atoms with Crippen LogP contribution in [-0.2, 0) is 26.2 Å². The summed E-state index contributed by atoms with van der Waals surface area (Å²) in [6.45, 7) is 5.70. The molecule has 2 amide bonds. The molecule has 0 saturated heterocycles. The highest BCUT2D eigenvalue weighted by atomic mass is 35.5. The van der Waals surface area contributed by atoms with Crippen molar-refractivity contribution in [3.8, 4) is 0 Å². The molecular formula is C30H35Cl2N3O4S. The van der Waals surface area contributed by atoms with E-state index < -0.39 is 28.5 Å². The molecular weight excluding hydrogens is 569 g/mol. The maximum Gasteiger partial charge on any atom is 0.264 e. The highest BCUT2D eigenvalue weighted by Crippen LogP contribution is 2.27. The van der Waals surface area contributed by atoms with Crippen LogP contribution in [0.3, 0.4) is 0 Å². The molecule has 214 valence electrons. The normalized spacial score (nSPS) is 12.0. The maximum atomic E-state index is 14.0. The Morgan fingerprint density at radius 2 is 1.57 bits per heavy atom. The van der Waals surface area contributed by atoms with E-state index in [0.29, 0.717) is 28.6 Å². The Balaban J connectivity index is 2.04. The summed E-state index contributed by atoms with van der Waals surface area (Å²) in [7, 11) is -4.15. The third-order valence-electron chi connectivity index (χ3n) is 6.52. The highest BCUT2D eigenvalue weighted by Gasteiger charge is 2.33. The van der Waals surface area contributed by atoms with Gasteiger partial charge < -0.3 is 10.2 Å². The second kappa shape index (κ2) is 14.5. The van der Waals surface area contributed by atoms with Gasteiger partial charge in [-0.1, -0.05) is 79.4 Å². The number of nitrogens with zero attached hydrogens (tertiary/aromatic N) is 2. The molecule has 0 radical (unpaired) electrons. The van der Waals surface area contributed by atoms with Crippen LogP contribution in [-0.4, -0.2) is 44.3 Å². The molecule has 3 rings (SSSR count). The van der Waals surface area contributed by atoms with Gasteiger partial charge in [0.25, 0.3) is 10.0 Å². The van der Waals surface area contributed by atoms with Crippen molar-refractivity contribution in [3.05, 3.63) is 94.0 Å². The molecule has 0 bridgehead atoms. The van der Waals surface area contributed by atoms with E-state index in [0.717, 1.165) is 22.7 Å². The molecule has 0 heterocycles. The van der Waals surface area contributed by atoms with E-state index in [1.54, 1.807) is 60.7 Å². The van der Waals surface area contributed by atoms with Gasteiger partial charge in [-0.05, 0) is 67.8 Å². The monoisotopic (exact) mass is 603 g/mol. The molecule has 0 aromatic heterocycles. The molecule has 3 aromatic rings. The van der Waals surface area contributed by atoms with Gasteiger partial charge in [0.1, 0.15) is 12.6 Å². The van der Waals surface area contributed by atoms with E-state index in [9.17, 15) is 18.0 Å². The highest BCUT2D eigenvalue weighted by molar-refractivity contribution is 7.92. The molecule has 1 unspecified atom stereocenters. The second-order valence-corrected chi connectivity index (χ2v) is 12.2. The minimum absolute atomic E-state index is 0.0389. The van der Waals surface area contributed by atoms with Gasteiger partial charge in [0.05, 0.1) is 10.6 Å². The lowest BCUT2D eigenvalue weighted by atomic mass is 10.1. The van der Waals surface area contributed by atoms with E-state index in [2.05, 4.69) is 5.32 Å². The molecule has 1 atom stereocenters. The molecule has 0 fully saturated rings. The molecule has 0 aliphatic heterocycles. The van der Waals surface area contributed by atoms with E-state index in [1.165, 1.54) is 17.0 Å². The van der Waals surface area contributed by atoms with E-state index in [1.807, 2.05) is 20.8 Å². The lowest BCUT2D eigenvalue weighted by Gasteiger charge is -2.33. The maximum absolute atomic E-state index is 14.0. The molecule has 7 nitrogen and oxygen atoms in total. The van der Waals surface area contributed by atoms with Crippen molar-refractivity contribution in [2.24, 2.45) is 0 Å². The first-order valence-corrected chi connectivity index (χ1v) is 15.4. The summed E-state index contributed by atoms with van der Waals surface area (Å²) in [6.07, 6.45) is 2.05. The summed E-state index contributed by atoms with van der Waals surface area (Å²) in [6, 6.07) is 18.9. The molecule has 0 saturated carbocycles. The summed E-state index contributed by atoms with van der Waals surface area (Å²) in [5, 5.41) is 3.79. The Labute approximate surface area is 247 Å². The van der Waals surface area contributed by atoms with Crippen LogP contribution in [0.2, 0.25) is 10.0 Å². The number of carbonyl (C=O) groups is 2. The van der Waals surface area contributed by atoms with Crippen LogP contribution < -0.4 is 9.62 Å². The van der Waals surface area contributed by atoms with Crippen molar-refractivity contribution in [1.29, 1.82) is 0 Å². The van der Waals surface area contributed by atoms with E-state index >= 15 is 0 Å². The Bertz CT molecular complexity index is 1400. The largest absolute Gasteiger partial charge is 0.354 e. The average Bonchev–Trinajstić information content (AvgIpc) is 2.93. The average molecular weight is 605 g/mol. The number of hydrogen-bond acceptors (Lipinski definition) is 4. The zero-order valence-electron chi connectivity index (χ0n) is 22.9. The van der Waals surface area contributed by atoms with Crippen LogP contribution in [0.15, 0.2) is 77.7 Å². The third-order valence-corrected chi connectivity index (χ3v) is 8.93. The summed E-state index contributed by atoms with van der Waals surface area (Å²) in [4.78, 5) is 28.7. The molecule has 3 aromatic carbocycles. The number of unbranched alkanes of at least 4 members (excludes halogenated alkanes) is 1. The number of benzene rings is 3. The minimum atomic E-state index is -4.15. The van der Waals surface area contributed by atoms with Crippen LogP contribution in [0.25, 0.3) is 0 Å². The lowest BCUT2D eigenvalue weighted by Crippen LogP contribution is -2.52. The number of hydrogen-bond donors (Lipinski definition) is 1. The first-order valence-electron chi connectivity index (χ1n) is 13.2. The lowest BCUT2D eigenvalue weighted by molar-refractivity contribution is -0.140. The Morgan fingerprint density at radius 3 is 2.17 bits per heavy atom. The van der Waals surface area contributed by atoms with Gasteiger partial charge in [-0.15, -0.1) is 0 Å². The number of halogens is 2. The van der Waals surface area contributed by atoms with Gasteiger partial charge in [0, 0.05) is 23.1 Å². The number of aryl methyl sites for hydroxylation is 1. The quantitative estimate of drug-likeness (QED) is 0.235. The molecule has 0 aliphatic rings. The van der Waals surface area contributed by atoms with Crippen molar-refractivity contribution in [2.45, 2.75) is 57.5 Å². The zero-order valence-corrected chi connectivity index (χ0v) is 25.3. The number of sulfonamides is 1. The predicted octanol–water partition coefficient (Wildman–Crippen LogP) is 6.22. The SMILES string of the molecule is CCCCNC(=O)C(CC)N(Cc1ccccc1Cl)C(=O)CN(c1ccc(Cl)cc1)S(=O)(=O)c1ccc(C)cc1. The van der Waals surface area contributed by atoms with Crippen molar-refractivity contribution in [3.63, 3.8) is 0 Å². The smallest absolute Gasteiger partial charge is 0.264 e. The fourth-order valence-corrected chi connectivity index (χ4v) is 5.95. The van der Waals surface area contributed by atoms with Gasteiger partial charge >= 0.3 is 0 Å². The second-order valence-electron chi connectivity index (χ2n) is 9.48. The van der Waals surface area contributed by atoms with Crippen LogP contribution in [0.4, 0.5) is 5.69 Å². The minimum Gasteiger partial charge on any atom is -0.354 e. The van der Waals surface area contributed by atoms with Crippen LogP contribution in [0, 0.1) is 6.92 Å². The Morgan fingerprint density at radius 1 is 0.925 bits per heavy atom. The molecule has 40 heavy (non-hydrogen) atoms. The van der Waals surface area contributed by atoms with Crippen molar-refractivity contribution < 1.29 is 18.0 Å². The van der Waals surface area contributed by atoms with Gasteiger partial charge in [0.15, 0.2) is 0 Å². The summed E-state index contributed by atoms with van der Waals surface area (Å²) in [5.74, 6) is -0.834. The Hall–Kier alpha value is -3.07. The number of anilines is 1. The number of rotatable bonds is 13. The van der Waals surface area contributed by atoms with Gasteiger partial charge in [0.2, 0.25) is 11.8 Å². The Kier molecular flexibility index (Phi) is 11.4. The van der Waals surface area contributed by atoms with Crippen molar-refractivity contribution in [1.82, 2.24) is 10.2 Å². The van der Waals surface area contributed by atoms with Crippen molar-refractivity contribution >= 4 is 50.7 Å². The van der Waals surface area contributed by atoms with E-state index in [-0.39, 0.29) is 23.0 Å². The topological polar surface area (TPSA) is 86.8 Å². The molecule has 10 heteroatoms. The summed E-state index contributed by atoms with van der Waals surface area (Å²) < 4.78 is 28.8. The van der Waals surface area contributed by atoms with Gasteiger partial charge in [-0.3, -0.25) is 13.9 Å². The molecule has 0 aliphatic carbocycles. The van der Waals surface area contributed by atoms with Crippen molar-refractivity contribution in [2.75, 3.05) is 17.4 Å².